The predicted octanol–water partition coefficient (Wildman–Crippen LogP) is 3.82. The summed E-state index contributed by atoms with van der Waals surface area (Å²) < 4.78 is 5.93. The van der Waals surface area contributed by atoms with Gasteiger partial charge in [0.2, 0.25) is 0 Å². The maximum absolute atomic E-state index is 12.3. The number of rotatable bonds is 1. The van der Waals surface area contributed by atoms with Crippen LogP contribution in [-0.2, 0) is 19.1 Å². The van der Waals surface area contributed by atoms with E-state index in [9.17, 15) is 19.5 Å². The van der Waals surface area contributed by atoms with Crippen LogP contribution < -0.4 is 0 Å². The summed E-state index contributed by atoms with van der Waals surface area (Å²) in [4.78, 5) is 36.3. The fourth-order valence-corrected chi connectivity index (χ4v) is 7.39. The SMILES string of the molecule is CC12CC=C3C(C1CC[C@@]21CCC(=O)O1)[C@H](C(=O)O)CC1=CC(=O)CC[C@@]13C. The Labute approximate surface area is 165 Å². The zero-order valence-electron chi connectivity index (χ0n) is 16.6. The molecule has 2 saturated carbocycles. The molecule has 0 amide bonds. The van der Waals surface area contributed by atoms with Crippen molar-refractivity contribution in [2.75, 3.05) is 0 Å². The zero-order valence-corrected chi connectivity index (χ0v) is 16.6. The Morgan fingerprint density at radius 1 is 1.18 bits per heavy atom. The predicted molar refractivity (Wildman–Crippen MR) is 101 cm³/mol. The first-order chi connectivity index (χ1) is 13.2. The molecule has 5 heteroatoms. The molecule has 0 aromatic carbocycles. The highest BCUT2D eigenvalue weighted by molar-refractivity contribution is 5.92. The molecule has 150 valence electrons. The highest BCUT2D eigenvalue weighted by Gasteiger charge is 2.67. The highest BCUT2D eigenvalue weighted by atomic mass is 16.6. The van der Waals surface area contributed by atoms with Crippen LogP contribution in [0.2, 0.25) is 0 Å². The van der Waals surface area contributed by atoms with Gasteiger partial charge in [0.1, 0.15) is 5.60 Å². The van der Waals surface area contributed by atoms with Gasteiger partial charge in [-0.2, -0.15) is 0 Å². The molecule has 5 nitrogen and oxygen atoms in total. The molecule has 1 heterocycles. The maximum Gasteiger partial charge on any atom is 0.307 e. The molecule has 0 radical (unpaired) electrons. The highest BCUT2D eigenvalue weighted by Crippen LogP contribution is 2.68. The topological polar surface area (TPSA) is 80.7 Å². The van der Waals surface area contributed by atoms with E-state index >= 15 is 0 Å². The second-order valence-electron chi connectivity index (χ2n) is 10.0. The molecule has 1 N–H and O–H groups in total. The van der Waals surface area contributed by atoms with Crippen molar-refractivity contribution in [2.24, 2.45) is 28.6 Å². The number of aliphatic carboxylic acids is 1. The standard InChI is InChI=1S/C23H28O5/c1-21-7-3-14(24)11-13(21)12-15(20(26)27)19-16(21)4-8-22(2)17(19)5-9-23(22)10-6-18(25)28-23/h4,11,15,17,19H,3,5-10,12H2,1-2H3,(H,26,27)/t15-,17?,19?,21+,22?,23-/m1/s1. The fourth-order valence-electron chi connectivity index (χ4n) is 7.39. The summed E-state index contributed by atoms with van der Waals surface area (Å²) in [5.41, 5.74) is 1.40. The van der Waals surface area contributed by atoms with E-state index in [1.165, 1.54) is 5.57 Å². The Hall–Kier alpha value is -1.91. The van der Waals surface area contributed by atoms with Gasteiger partial charge >= 0.3 is 11.9 Å². The molecule has 6 atom stereocenters. The van der Waals surface area contributed by atoms with Crippen molar-refractivity contribution < 1.29 is 24.2 Å². The summed E-state index contributed by atoms with van der Waals surface area (Å²) in [6.45, 7) is 4.42. The fraction of sp³-hybridized carbons (Fsp3) is 0.696. The van der Waals surface area contributed by atoms with Crippen LogP contribution in [0.25, 0.3) is 0 Å². The molecule has 28 heavy (non-hydrogen) atoms. The molecular weight excluding hydrogens is 356 g/mol. The van der Waals surface area contributed by atoms with Gasteiger partial charge in [-0.05, 0) is 56.4 Å². The van der Waals surface area contributed by atoms with Gasteiger partial charge in [0.25, 0.3) is 0 Å². The van der Waals surface area contributed by atoms with Crippen molar-refractivity contribution >= 4 is 17.7 Å². The van der Waals surface area contributed by atoms with Crippen molar-refractivity contribution in [2.45, 2.75) is 70.8 Å². The van der Waals surface area contributed by atoms with E-state index in [1.807, 2.05) is 0 Å². The number of ketones is 1. The third-order valence-corrected chi connectivity index (χ3v) is 9.04. The second-order valence-corrected chi connectivity index (χ2v) is 10.0. The number of carbonyl (C=O) groups excluding carboxylic acids is 2. The molecule has 3 fully saturated rings. The van der Waals surface area contributed by atoms with Gasteiger partial charge in [0.15, 0.2) is 5.78 Å². The normalized spacial score (nSPS) is 47.0. The van der Waals surface area contributed by atoms with E-state index < -0.39 is 17.5 Å². The Morgan fingerprint density at radius 3 is 2.64 bits per heavy atom. The third-order valence-electron chi connectivity index (χ3n) is 9.04. The lowest BCUT2D eigenvalue weighted by Crippen LogP contribution is -2.53. The van der Waals surface area contributed by atoms with Crippen LogP contribution in [0, 0.1) is 28.6 Å². The van der Waals surface area contributed by atoms with E-state index in [1.54, 1.807) is 6.08 Å². The minimum Gasteiger partial charge on any atom is -0.481 e. The van der Waals surface area contributed by atoms with Gasteiger partial charge in [0, 0.05) is 23.7 Å². The van der Waals surface area contributed by atoms with Crippen LogP contribution in [0.4, 0.5) is 0 Å². The van der Waals surface area contributed by atoms with Crippen LogP contribution >= 0.6 is 0 Å². The first-order valence-corrected chi connectivity index (χ1v) is 10.6. The van der Waals surface area contributed by atoms with Crippen molar-refractivity contribution in [1.29, 1.82) is 0 Å². The van der Waals surface area contributed by atoms with Gasteiger partial charge in [0.05, 0.1) is 5.92 Å². The van der Waals surface area contributed by atoms with Crippen molar-refractivity contribution in [1.82, 2.24) is 0 Å². The Morgan fingerprint density at radius 2 is 1.96 bits per heavy atom. The van der Waals surface area contributed by atoms with Gasteiger partial charge in [-0.3, -0.25) is 14.4 Å². The second kappa shape index (κ2) is 5.58. The number of esters is 1. The maximum atomic E-state index is 12.3. The van der Waals surface area contributed by atoms with Crippen molar-refractivity contribution in [3.8, 4) is 0 Å². The number of carbonyl (C=O) groups is 3. The number of hydrogen-bond donors (Lipinski definition) is 1. The molecule has 1 saturated heterocycles. The third kappa shape index (κ3) is 2.11. The molecule has 0 bridgehead atoms. The Balaban J connectivity index is 1.63. The molecule has 1 aliphatic heterocycles. The van der Waals surface area contributed by atoms with Crippen LogP contribution in [0.15, 0.2) is 23.3 Å². The van der Waals surface area contributed by atoms with Gasteiger partial charge in [-0.1, -0.05) is 31.1 Å². The molecule has 4 aliphatic carbocycles. The van der Waals surface area contributed by atoms with E-state index in [0.717, 1.165) is 37.7 Å². The minimum atomic E-state index is -0.773. The first-order valence-electron chi connectivity index (χ1n) is 10.6. The molecule has 0 aromatic heterocycles. The van der Waals surface area contributed by atoms with Crippen LogP contribution in [0.1, 0.15) is 65.2 Å². The summed E-state index contributed by atoms with van der Waals surface area (Å²) in [7, 11) is 0. The number of carboxylic acid groups (broad SMARTS) is 1. The lowest BCUT2D eigenvalue weighted by molar-refractivity contribution is -0.162. The average molecular weight is 384 g/mol. The summed E-state index contributed by atoms with van der Waals surface area (Å²) in [5.74, 6) is -1.10. The molecule has 0 aromatic rings. The summed E-state index contributed by atoms with van der Waals surface area (Å²) in [5, 5.41) is 10.1. The number of ether oxygens (including phenoxy) is 1. The number of allylic oxidation sites excluding steroid dienone is 4. The van der Waals surface area contributed by atoms with E-state index in [4.69, 9.17) is 4.74 Å². The molecule has 3 unspecified atom stereocenters. The molecular formula is C23H28O5. The van der Waals surface area contributed by atoms with E-state index in [-0.39, 0.29) is 34.4 Å². The molecule has 5 rings (SSSR count). The van der Waals surface area contributed by atoms with Gasteiger partial charge in [-0.25, -0.2) is 0 Å². The smallest absolute Gasteiger partial charge is 0.307 e. The quantitative estimate of drug-likeness (QED) is 0.549. The van der Waals surface area contributed by atoms with Crippen LogP contribution in [0.3, 0.4) is 0 Å². The van der Waals surface area contributed by atoms with Gasteiger partial charge < -0.3 is 9.84 Å². The molecule has 1 spiro atoms. The van der Waals surface area contributed by atoms with Crippen molar-refractivity contribution in [3.05, 3.63) is 23.3 Å². The lowest BCUT2D eigenvalue weighted by Gasteiger charge is -2.56. The average Bonchev–Trinajstić information content (AvgIpc) is 3.16. The van der Waals surface area contributed by atoms with Crippen LogP contribution in [0.5, 0.6) is 0 Å². The minimum absolute atomic E-state index is 0.0368. The van der Waals surface area contributed by atoms with Crippen LogP contribution in [-0.4, -0.2) is 28.4 Å². The largest absolute Gasteiger partial charge is 0.481 e. The van der Waals surface area contributed by atoms with E-state index in [0.29, 0.717) is 19.3 Å². The Kier molecular flexibility index (Phi) is 3.61. The first kappa shape index (κ1) is 18.1. The van der Waals surface area contributed by atoms with Gasteiger partial charge in [-0.15, -0.1) is 0 Å². The zero-order chi connectivity index (χ0) is 19.9. The number of fused-ring (bicyclic) bond motifs is 6. The Bertz CT molecular complexity index is 853. The number of hydrogen-bond acceptors (Lipinski definition) is 4. The van der Waals surface area contributed by atoms with E-state index in [2.05, 4.69) is 19.9 Å². The summed E-state index contributed by atoms with van der Waals surface area (Å²) in [6.07, 6.45) is 9.53. The molecule has 5 aliphatic rings. The monoisotopic (exact) mass is 384 g/mol. The lowest BCUT2D eigenvalue weighted by atomic mass is 9.48. The summed E-state index contributed by atoms with van der Waals surface area (Å²) in [6, 6.07) is 0. The summed E-state index contributed by atoms with van der Waals surface area (Å²) >= 11 is 0. The number of carboxylic acids is 1. The van der Waals surface area contributed by atoms with Crippen molar-refractivity contribution in [3.63, 3.8) is 0 Å².